The third-order valence-electron chi connectivity index (χ3n) is 3.19. The number of nitrogens with zero attached hydrogens (tertiary/aromatic N) is 1. The smallest absolute Gasteiger partial charge is 0.240 e. The molecule has 0 unspecified atom stereocenters. The molecular weight excluding hydrogens is 322 g/mol. The summed E-state index contributed by atoms with van der Waals surface area (Å²) in [5.41, 5.74) is 1.89. The molecule has 2 rings (SSSR count). The second-order valence-electron chi connectivity index (χ2n) is 5.45. The maximum atomic E-state index is 13.2. The zero-order valence-corrected chi connectivity index (χ0v) is 13.7. The fourth-order valence-corrected chi connectivity index (χ4v) is 3.06. The van der Waals surface area contributed by atoms with Crippen molar-refractivity contribution in [2.24, 2.45) is 0 Å². The van der Waals surface area contributed by atoms with Crippen LogP contribution in [0.1, 0.15) is 11.1 Å². The quantitative estimate of drug-likeness (QED) is 0.879. The first-order valence-corrected chi connectivity index (χ1v) is 8.43. The molecule has 0 radical (unpaired) electrons. The molecule has 7 heteroatoms. The summed E-state index contributed by atoms with van der Waals surface area (Å²) < 4.78 is 52.5. The van der Waals surface area contributed by atoms with Crippen LogP contribution in [0.25, 0.3) is 0 Å². The van der Waals surface area contributed by atoms with Gasteiger partial charge in [0, 0.05) is 13.1 Å². The minimum absolute atomic E-state index is 0.0730. The van der Waals surface area contributed by atoms with Crippen molar-refractivity contribution in [2.75, 3.05) is 14.1 Å². The monoisotopic (exact) mass is 340 g/mol. The van der Waals surface area contributed by atoms with E-state index in [0.29, 0.717) is 6.07 Å². The van der Waals surface area contributed by atoms with Crippen molar-refractivity contribution in [3.05, 3.63) is 65.2 Å². The van der Waals surface area contributed by atoms with Gasteiger partial charge in [0.25, 0.3) is 0 Å². The highest BCUT2D eigenvalue weighted by Crippen LogP contribution is 2.14. The van der Waals surface area contributed by atoms with E-state index in [4.69, 9.17) is 0 Å². The summed E-state index contributed by atoms with van der Waals surface area (Å²) in [5.74, 6) is -2.28. The van der Waals surface area contributed by atoms with Gasteiger partial charge in [-0.1, -0.05) is 24.3 Å². The Kier molecular flexibility index (Phi) is 5.46. The molecule has 0 fully saturated rings. The number of halogens is 2. The molecule has 4 nitrogen and oxygen atoms in total. The molecule has 0 aliphatic rings. The molecule has 0 aliphatic carbocycles. The zero-order chi connectivity index (χ0) is 17.0. The van der Waals surface area contributed by atoms with Crippen molar-refractivity contribution in [3.8, 4) is 0 Å². The highest BCUT2D eigenvalue weighted by molar-refractivity contribution is 7.89. The van der Waals surface area contributed by atoms with Gasteiger partial charge in [-0.25, -0.2) is 21.9 Å². The maximum absolute atomic E-state index is 13.2. The molecule has 0 bridgehead atoms. The number of sulfonamides is 1. The molecule has 0 saturated heterocycles. The molecule has 23 heavy (non-hydrogen) atoms. The van der Waals surface area contributed by atoms with E-state index in [1.54, 1.807) is 0 Å². The van der Waals surface area contributed by atoms with Gasteiger partial charge in [-0.2, -0.15) is 0 Å². The van der Waals surface area contributed by atoms with Crippen molar-refractivity contribution in [1.82, 2.24) is 9.62 Å². The van der Waals surface area contributed by atoms with Gasteiger partial charge in [-0.15, -0.1) is 0 Å². The molecule has 0 saturated carbocycles. The second kappa shape index (κ2) is 7.16. The molecule has 1 N–H and O–H groups in total. The summed E-state index contributed by atoms with van der Waals surface area (Å²) >= 11 is 0. The van der Waals surface area contributed by atoms with E-state index in [1.807, 2.05) is 43.3 Å². The maximum Gasteiger partial charge on any atom is 0.240 e. The number of hydrogen-bond acceptors (Lipinski definition) is 3. The number of nitrogens with one attached hydrogen (secondary N) is 1. The molecule has 0 heterocycles. The van der Waals surface area contributed by atoms with Crippen LogP contribution in [0.5, 0.6) is 0 Å². The SMILES string of the molecule is CN(C)Cc1ccc(CNS(=O)(=O)c2ccc(F)c(F)c2)cc1. The lowest BCUT2D eigenvalue weighted by molar-refractivity contribution is 0.402. The van der Waals surface area contributed by atoms with Gasteiger partial charge in [0.05, 0.1) is 4.90 Å². The van der Waals surface area contributed by atoms with E-state index in [1.165, 1.54) is 0 Å². The molecule has 124 valence electrons. The van der Waals surface area contributed by atoms with Crippen LogP contribution < -0.4 is 4.72 Å². The van der Waals surface area contributed by atoms with Gasteiger partial charge in [0.2, 0.25) is 10.0 Å². The minimum atomic E-state index is -3.89. The first-order valence-electron chi connectivity index (χ1n) is 6.95. The lowest BCUT2D eigenvalue weighted by Gasteiger charge is -2.11. The summed E-state index contributed by atoms with van der Waals surface area (Å²) in [4.78, 5) is 1.72. The molecule has 0 amide bonds. The van der Waals surface area contributed by atoms with Crippen LogP contribution in [0.2, 0.25) is 0 Å². The van der Waals surface area contributed by atoms with Gasteiger partial charge in [0.15, 0.2) is 11.6 Å². The van der Waals surface area contributed by atoms with E-state index in [-0.39, 0.29) is 11.4 Å². The Morgan fingerprint density at radius 2 is 1.57 bits per heavy atom. The van der Waals surface area contributed by atoms with E-state index in [0.717, 1.165) is 29.8 Å². The normalized spacial score (nSPS) is 11.9. The van der Waals surface area contributed by atoms with Crippen molar-refractivity contribution in [1.29, 1.82) is 0 Å². The van der Waals surface area contributed by atoms with Crippen molar-refractivity contribution >= 4 is 10.0 Å². The van der Waals surface area contributed by atoms with Crippen LogP contribution in [-0.4, -0.2) is 27.4 Å². The van der Waals surface area contributed by atoms with Crippen LogP contribution in [0, 0.1) is 11.6 Å². The number of benzene rings is 2. The highest BCUT2D eigenvalue weighted by Gasteiger charge is 2.16. The molecular formula is C16H18F2N2O2S. The molecule has 0 aliphatic heterocycles. The van der Waals surface area contributed by atoms with Gasteiger partial charge < -0.3 is 4.90 Å². The third-order valence-corrected chi connectivity index (χ3v) is 4.59. The summed E-state index contributed by atoms with van der Waals surface area (Å²) in [6, 6.07) is 9.97. The molecule has 0 aromatic heterocycles. The first-order chi connectivity index (χ1) is 10.8. The second-order valence-corrected chi connectivity index (χ2v) is 7.22. The van der Waals surface area contributed by atoms with Crippen LogP contribution in [-0.2, 0) is 23.1 Å². The predicted molar refractivity (Wildman–Crippen MR) is 84.2 cm³/mol. The van der Waals surface area contributed by atoms with Gasteiger partial charge in [-0.3, -0.25) is 0 Å². The minimum Gasteiger partial charge on any atom is -0.305 e. The summed E-state index contributed by atoms with van der Waals surface area (Å²) in [6.45, 7) is 0.866. The number of rotatable bonds is 6. The predicted octanol–water partition coefficient (Wildman–Crippen LogP) is 2.50. The van der Waals surface area contributed by atoms with E-state index in [2.05, 4.69) is 4.72 Å². The highest BCUT2D eigenvalue weighted by atomic mass is 32.2. The molecule has 2 aromatic rings. The molecule has 0 atom stereocenters. The van der Waals surface area contributed by atoms with Gasteiger partial charge in [0.1, 0.15) is 0 Å². The Morgan fingerprint density at radius 1 is 0.957 bits per heavy atom. The zero-order valence-electron chi connectivity index (χ0n) is 12.9. The first kappa shape index (κ1) is 17.5. The average Bonchev–Trinajstić information content (AvgIpc) is 2.49. The Morgan fingerprint density at radius 3 is 2.13 bits per heavy atom. The van der Waals surface area contributed by atoms with Gasteiger partial charge >= 0.3 is 0 Å². The lowest BCUT2D eigenvalue weighted by atomic mass is 10.1. The Bertz CT molecular complexity index is 775. The van der Waals surface area contributed by atoms with Crippen molar-refractivity contribution in [2.45, 2.75) is 18.0 Å². The van der Waals surface area contributed by atoms with Crippen LogP contribution >= 0.6 is 0 Å². The largest absolute Gasteiger partial charge is 0.305 e. The third kappa shape index (κ3) is 4.82. The van der Waals surface area contributed by atoms with E-state index in [9.17, 15) is 17.2 Å². The summed E-state index contributed by atoms with van der Waals surface area (Å²) in [6.07, 6.45) is 0. The molecule has 2 aromatic carbocycles. The average molecular weight is 340 g/mol. The van der Waals surface area contributed by atoms with E-state index < -0.39 is 21.7 Å². The topological polar surface area (TPSA) is 49.4 Å². The van der Waals surface area contributed by atoms with Gasteiger partial charge in [-0.05, 0) is 43.4 Å². The van der Waals surface area contributed by atoms with Crippen molar-refractivity contribution < 1.29 is 17.2 Å². The summed E-state index contributed by atoms with van der Waals surface area (Å²) in [5, 5.41) is 0. The van der Waals surface area contributed by atoms with Crippen LogP contribution in [0.3, 0.4) is 0 Å². The fourth-order valence-electron chi connectivity index (χ4n) is 2.03. The summed E-state index contributed by atoms with van der Waals surface area (Å²) in [7, 11) is 0.0326. The molecule has 0 spiro atoms. The Balaban J connectivity index is 2.05. The standard InChI is InChI=1S/C16H18F2N2O2S/c1-20(2)11-13-5-3-12(4-6-13)10-19-23(21,22)14-7-8-15(17)16(18)9-14/h3-9,19H,10-11H2,1-2H3. The van der Waals surface area contributed by atoms with Crippen molar-refractivity contribution in [3.63, 3.8) is 0 Å². The van der Waals surface area contributed by atoms with Crippen LogP contribution in [0.4, 0.5) is 8.78 Å². The Hall–Kier alpha value is -1.83. The lowest BCUT2D eigenvalue weighted by Crippen LogP contribution is -2.23. The fraction of sp³-hybridized carbons (Fsp3) is 0.250. The Labute approximate surface area is 134 Å². The van der Waals surface area contributed by atoms with E-state index >= 15 is 0 Å². The van der Waals surface area contributed by atoms with Crippen LogP contribution in [0.15, 0.2) is 47.4 Å². The number of hydrogen-bond donors (Lipinski definition) is 1.